The number of aromatic nitrogens is 1. The molecule has 2 aromatic carbocycles. The van der Waals surface area contributed by atoms with E-state index in [1.165, 1.54) is 18.4 Å². The average molecular weight is 485 g/mol. The van der Waals surface area contributed by atoms with Gasteiger partial charge in [0.2, 0.25) is 5.91 Å². The molecule has 1 fully saturated rings. The number of hydrogen-bond donors (Lipinski definition) is 2. The number of nitrogens with zero attached hydrogens (tertiary/aromatic N) is 2. The molecular weight excluding hydrogens is 464 g/mol. The van der Waals surface area contributed by atoms with Crippen LogP contribution < -0.4 is 20.5 Å². The highest BCUT2D eigenvalue weighted by molar-refractivity contribution is 7.17. The molecule has 0 spiro atoms. The summed E-state index contributed by atoms with van der Waals surface area (Å²) in [6, 6.07) is 11.8. The predicted molar refractivity (Wildman–Crippen MR) is 127 cm³/mol. The van der Waals surface area contributed by atoms with Gasteiger partial charge in [-0.15, -0.1) is 11.3 Å². The zero-order valence-electron chi connectivity index (χ0n) is 18.1. The number of benzene rings is 2. The Kier molecular flexibility index (Phi) is 6.46. The van der Waals surface area contributed by atoms with E-state index in [-0.39, 0.29) is 6.42 Å². The first kappa shape index (κ1) is 22.9. The SMILES string of the molecule is COc1cc(Cl)c(C)cc1N1C(=O)CC(NNC(=O)c2sc(-c3ccccc3)nc2C)C1=O. The molecule has 8 nitrogen and oxygen atoms in total. The van der Waals surface area contributed by atoms with Crippen molar-refractivity contribution in [3.05, 3.63) is 63.6 Å². The molecule has 1 aliphatic rings. The van der Waals surface area contributed by atoms with Crippen LogP contribution in [0.4, 0.5) is 5.69 Å². The number of rotatable bonds is 6. The number of carbonyl (C=O) groups excluding carboxylic acids is 3. The van der Waals surface area contributed by atoms with Crippen molar-refractivity contribution in [2.75, 3.05) is 12.0 Å². The van der Waals surface area contributed by atoms with Crippen LogP contribution in [0.25, 0.3) is 10.6 Å². The zero-order chi connectivity index (χ0) is 23.7. The Balaban J connectivity index is 1.48. The molecule has 1 atom stereocenters. The van der Waals surface area contributed by atoms with Crippen molar-refractivity contribution < 1.29 is 19.1 Å². The minimum atomic E-state index is -0.913. The maximum Gasteiger partial charge on any atom is 0.277 e. The number of anilines is 1. The largest absolute Gasteiger partial charge is 0.495 e. The normalized spacial score (nSPS) is 15.8. The predicted octanol–water partition coefficient (Wildman–Crippen LogP) is 3.66. The Labute approximate surface area is 199 Å². The molecule has 170 valence electrons. The van der Waals surface area contributed by atoms with Gasteiger partial charge in [-0.2, -0.15) is 0 Å². The molecule has 1 aliphatic heterocycles. The number of nitrogens with one attached hydrogen (secondary N) is 2. The Bertz CT molecular complexity index is 1240. The van der Waals surface area contributed by atoms with Crippen LogP contribution in [0, 0.1) is 13.8 Å². The van der Waals surface area contributed by atoms with Gasteiger partial charge < -0.3 is 4.74 Å². The van der Waals surface area contributed by atoms with Crippen molar-refractivity contribution in [2.45, 2.75) is 26.3 Å². The minimum Gasteiger partial charge on any atom is -0.495 e. The van der Waals surface area contributed by atoms with E-state index in [0.29, 0.717) is 32.6 Å². The van der Waals surface area contributed by atoms with Crippen molar-refractivity contribution in [1.82, 2.24) is 15.8 Å². The molecule has 33 heavy (non-hydrogen) atoms. The average Bonchev–Trinajstić information content (AvgIpc) is 3.33. The Morgan fingerprint density at radius 1 is 1.21 bits per heavy atom. The molecule has 1 saturated heterocycles. The maximum atomic E-state index is 13.0. The van der Waals surface area contributed by atoms with Gasteiger partial charge in [-0.25, -0.2) is 15.3 Å². The Morgan fingerprint density at radius 2 is 1.94 bits per heavy atom. The summed E-state index contributed by atoms with van der Waals surface area (Å²) < 4.78 is 5.31. The zero-order valence-corrected chi connectivity index (χ0v) is 19.7. The van der Waals surface area contributed by atoms with Crippen molar-refractivity contribution in [1.29, 1.82) is 0 Å². The molecule has 0 bridgehead atoms. The summed E-state index contributed by atoms with van der Waals surface area (Å²) >= 11 is 7.39. The Hall–Kier alpha value is -3.27. The van der Waals surface area contributed by atoms with Gasteiger partial charge in [0.15, 0.2) is 0 Å². The number of thiazole rings is 1. The van der Waals surface area contributed by atoms with E-state index in [9.17, 15) is 14.4 Å². The third-order valence-electron chi connectivity index (χ3n) is 5.23. The summed E-state index contributed by atoms with van der Waals surface area (Å²) in [6.07, 6.45) is -0.110. The number of halogens is 1. The molecule has 0 saturated carbocycles. The first-order chi connectivity index (χ1) is 15.8. The van der Waals surface area contributed by atoms with Crippen molar-refractivity contribution in [3.63, 3.8) is 0 Å². The molecule has 10 heteroatoms. The lowest BCUT2D eigenvalue weighted by Gasteiger charge is -2.19. The standard InChI is InChI=1S/C23H21ClN4O4S/c1-12-9-17(18(32-3)10-15(12)24)28-19(29)11-16(23(28)31)26-27-21(30)20-13(2)25-22(33-20)14-7-5-4-6-8-14/h4-10,16,26H,11H2,1-3H3,(H,27,30). The topological polar surface area (TPSA) is 101 Å². The molecule has 0 aliphatic carbocycles. The summed E-state index contributed by atoms with van der Waals surface area (Å²) in [7, 11) is 1.44. The summed E-state index contributed by atoms with van der Waals surface area (Å²) in [5.74, 6) is -1.02. The van der Waals surface area contributed by atoms with Gasteiger partial charge in [0.25, 0.3) is 11.8 Å². The molecule has 2 N–H and O–H groups in total. The third-order valence-corrected chi connectivity index (χ3v) is 6.84. The highest BCUT2D eigenvalue weighted by Gasteiger charge is 2.41. The fourth-order valence-corrected chi connectivity index (χ4v) is 4.63. The molecule has 2 heterocycles. The lowest BCUT2D eigenvalue weighted by atomic mass is 10.2. The van der Waals surface area contributed by atoms with Crippen LogP contribution in [0.1, 0.15) is 27.3 Å². The van der Waals surface area contributed by atoms with Crippen molar-refractivity contribution in [2.24, 2.45) is 0 Å². The van der Waals surface area contributed by atoms with Gasteiger partial charge in [0.05, 0.1) is 24.9 Å². The van der Waals surface area contributed by atoms with Gasteiger partial charge in [0, 0.05) is 16.7 Å². The van der Waals surface area contributed by atoms with E-state index in [2.05, 4.69) is 15.8 Å². The van der Waals surface area contributed by atoms with Crippen LogP contribution in [-0.2, 0) is 9.59 Å². The second-order valence-electron chi connectivity index (χ2n) is 7.50. The second kappa shape index (κ2) is 9.30. The summed E-state index contributed by atoms with van der Waals surface area (Å²) in [5.41, 5.74) is 7.76. The van der Waals surface area contributed by atoms with E-state index < -0.39 is 23.8 Å². The molecule has 4 rings (SSSR count). The smallest absolute Gasteiger partial charge is 0.277 e. The second-order valence-corrected chi connectivity index (χ2v) is 8.90. The molecule has 3 amide bonds. The van der Waals surface area contributed by atoms with Crippen LogP contribution in [0.5, 0.6) is 5.75 Å². The molecule has 0 radical (unpaired) electrons. The van der Waals surface area contributed by atoms with E-state index in [0.717, 1.165) is 15.5 Å². The van der Waals surface area contributed by atoms with Crippen LogP contribution in [-0.4, -0.2) is 35.9 Å². The first-order valence-corrected chi connectivity index (χ1v) is 11.3. The third kappa shape index (κ3) is 4.47. The van der Waals surface area contributed by atoms with Crippen LogP contribution >= 0.6 is 22.9 Å². The summed E-state index contributed by atoms with van der Waals surface area (Å²) in [4.78, 5) is 44.3. The highest BCUT2D eigenvalue weighted by Crippen LogP contribution is 2.36. The molecule has 1 aromatic heterocycles. The lowest BCUT2D eigenvalue weighted by molar-refractivity contribution is -0.121. The Morgan fingerprint density at radius 3 is 2.64 bits per heavy atom. The number of methoxy groups -OCH3 is 1. The lowest BCUT2D eigenvalue weighted by Crippen LogP contribution is -2.48. The summed E-state index contributed by atoms with van der Waals surface area (Å²) in [6.45, 7) is 3.52. The number of ether oxygens (including phenoxy) is 1. The fourth-order valence-electron chi connectivity index (χ4n) is 3.50. The van der Waals surface area contributed by atoms with Crippen molar-refractivity contribution >= 4 is 46.3 Å². The number of imide groups is 1. The van der Waals surface area contributed by atoms with Gasteiger partial charge in [0.1, 0.15) is 21.7 Å². The van der Waals surface area contributed by atoms with Gasteiger partial charge in [-0.1, -0.05) is 41.9 Å². The van der Waals surface area contributed by atoms with Gasteiger partial charge >= 0.3 is 0 Å². The van der Waals surface area contributed by atoms with E-state index in [1.807, 2.05) is 30.3 Å². The van der Waals surface area contributed by atoms with Gasteiger partial charge in [-0.05, 0) is 25.5 Å². The fraction of sp³-hybridized carbons (Fsp3) is 0.217. The summed E-state index contributed by atoms with van der Waals surface area (Å²) in [5, 5.41) is 1.19. The number of hydrogen-bond acceptors (Lipinski definition) is 7. The maximum absolute atomic E-state index is 13.0. The number of aryl methyl sites for hydroxylation is 2. The van der Waals surface area contributed by atoms with Crippen molar-refractivity contribution in [3.8, 4) is 16.3 Å². The van der Waals surface area contributed by atoms with Crippen LogP contribution in [0.15, 0.2) is 42.5 Å². The van der Waals surface area contributed by atoms with E-state index in [4.69, 9.17) is 16.3 Å². The number of carbonyl (C=O) groups is 3. The number of amides is 3. The van der Waals surface area contributed by atoms with Crippen LogP contribution in [0.3, 0.4) is 0 Å². The highest BCUT2D eigenvalue weighted by atomic mass is 35.5. The monoisotopic (exact) mass is 484 g/mol. The van der Waals surface area contributed by atoms with Gasteiger partial charge in [-0.3, -0.25) is 19.8 Å². The first-order valence-electron chi connectivity index (χ1n) is 10.1. The molecule has 1 unspecified atom stereocenters. The molecule has 3 aromatic rings. The van der Waals surface area contributed by atoms with E-state index >= 15 is 0 Å². The van der Waals surface area contributed by atoms with E-state index in [1.54, 1.807) is 26.0 Å². The number of hydrazine groups is 1. The molecular formula is C23H21ClN4O4S. The van der Waals surface area contributed by atoms with Crippen LogP contribution in [0.2, 0.25) is 5.02 Å². The minimum absolute atomic E-state index is 0.110. The quantitative estimate of drug-likeness (QED) is 0.409.